The molecule has 0 aliphatic carbocycles. The van der Waals surface area contributed by atoms with E-state index in [2.05, 4.69) is 25.4 Å². The fraction of sp³-hybridized carbons (Fsp3) is 0. The number of pyridine rings is 1. The SMILES string of the molecule is NC(=O)c1cccnc1-c1[nH]nc(-c2ccccc2)c1N=Nc1ccccc1. The van der Waals surface area contributed by atoms with Crippen LogP contribution in [0.5, 0.6) is 0 Å². The Morgan fingerprint density at radius 1 is 0.857 bits per heavy atom. The first-order valence-corrected chi connectivity index (χ1v) is 8.60. The number of carbonyl (C=O) groups is 1. The zero-order valence-corrected chi connectivity index (χ0v) is 14.8. The topological polar surface area (TPSA) is 109 Å². The van der Waals surface area contributed by atoms with Crippen molar-refractivity contribution in [3.05, 3.63) is 84.6 Å². The van der Waals surface area contributed by atoms with Gasteiger partial charge in [-0.05, 0) is 24.3 Å². The molecule has 0 aliphatic heterocycles. The molecule has 0 saturated heterocycles. The second-order valence-electron chi connectivity index (χ2n) is 5.96. The van der Waals surface area contributed by atoms with Gasteiger partial charge in [0.15, 0.2) is 0 Å². The standard InChI is InChI=1S/C21H16N6O/c22-21(28)16-12-7-13-23-18(16)20-19(26-24-15-10-5-2-6-11-15)17(25-27-20)14-8-3-1-4-9-14/h1-13H,(H2,22,28)(H,25,27). The number of primary amides is 1. The van der Waals surface area contributed by atoms with Gasteiger partial charge >= 0.3 is 0 Å². The van der Waals surface area contributed by atoms with E-state index < -0.39 is 5.91 Å². The fourth-order valence-corrected chi connectivity index (χ4v) is 2.80. The van der Waals surface area contributed by atoms with Crippen LogP contribution >= 0.6 is 0 Å². The minimum absolute atomic E-state index is 0.280. The van der Waals surface area contributed by atoms with E-state index >= 15 is 0 Å². The van der Waals surface area contributed by atoms with Crippen molar-refractivity contribution in [3.63, 3.8) is 0 Å². The zero-order chi connectivity index (χ0) is 19.3. The van der Waals surface area contributed by atoms with Crippen molar-refractivity contribution in [2.75, 3.05) is 0 Å². The van der Waals surface area contributed by atoms with Gasteiger partial charge in [0.2, 0.25) is 0 Å². The lowest BCUT2D eigenvalue weighted by Crippen LogP contribution is -2.13. The monoisotopic (exact) mass is 368 g/mol. The molecule has 2 aromatic heterocycles. The van der Waals surface area contributed by atoms with Gasteiger partial charge in [0.05, 0.1) is 11.3 Å². The molecular formula is C21H16N6O. The van der Waals surface area contributed by atoms with Crippen molar-refractivity contribution in [1.29, 1.82) is 0 Å². The zero-order valence-electron chi connectivity index (χ0n) is 14.8. The summed E-state index contributed by atoms with van der Waals surface area (Å²) in [6.07, 6.45) is 1.59. The number of hydrogen-bond acceptors (Lipinski definition) is 5. The van der Waals surface area contributed by atoms with Crippen LogP contribution in [-0.2, 0) is 0 Å². The highest BCUT2D eigenvalue weighted by molar-refractivity contribution is 6.00. The highest BCUT2D eigenvalue weighted by atomic mass is 16.1. The summed E-state index contributed by atoms with van der Waals surface area (Å²) >= 11 is 0. The number of azo groups is 1. The number of amides is 1. The van der Waals surface area contributed by atoms with Crippen molar-refractivity contribution < 1.29 is 4.79 Å². The summed E-state index contributed by atoms with van der Waals surface area (Å²) in [5, 5.41) is 16.1. The van der Waals surface area contributed by atoms with Crippen LogP contribution in [0.4, 0.5) is 11.4 Å². The molecule has 7 nitrogen and oxygen atoms in total. The Kier molecular flexibility index (Phi) is 4.71. The third kappa shape index (κ3) is 3.41. The summed E-state index contributed by atoms with van der Waals surface area (Å²) in [4.78, 5) is 16.2. The second kappa shape index (κ2) is 7.63. The van der Waals surface area contributed by atoms with Gasteiger partial charge < -0.3 is 5.73 Å². The molecule has 0 radical (unpaired) electrons. The van der Waals surface area contributed by atoms with Gasteiger partial charge in [-0.1, -0.05) is 48.5 Å². The maximum atomic E-state index is 11.9. The summed E-state index contributed by atoms with van der Waals surface area (Å²) in [5.41, 5.74) is 9.31. The Morgan fingerprint density at radius 3 is 2.29 bits per heavy atom. The van der Waals surface area contributed by atoms with E-state index in [0.29, 0.717) is 28.5 Å². The Balaban J connectivity index is 1.90. The lowest BCUT2D eigenvalue weighted by atomic mass is 10.1. The highest BCUT2D eigenvalue weighted by Crippen LogP contribution is 2.38. The van der Waals surface area contributed by atoms with Gasteiger partial charge in [0.25, 0.3) is 5.91 Å². The Bertz CT molecular complexity index is 1140. The predicted octanol–water partition coefficient (Wildman–Crippen LogP) is 4.65. The maximum Gasteiger partial charge on any atom is 0.250 e. The molecule has 0 bridgehead atoms. The second-order valence-corrected chi connectivity index (χ2v) is 5.96. The van der Waals surface area contributed by atoms with Crippen LogP contribution in [0.3, 0.4) is 0 Å². The van der Waals surface area contributed by atoms with Crippen LogP contribution in [0, 0.1) is 0 Å². The number of H-pyrrole nitrogens is 1. The van der Waals surface area contributed by atoms with Gasteiger partial charge in [-0.15, -0.1) is 5.11 Å². The van der Waals surface area contributed by atoms with Crippen LogP contribution in [0.2, 0.25) is 0 Å². The average molecular weight is 368 g/mol. The fourth-order valence-electron chi connectivity index (χ4n) is 2.80. The van der Waals surface area contributed by atoms with E-state index in [-0.39, 0.29) is 5.56 Å². The molecule has 136 valence electrons. The van der Waals surface area contributed by atoms with Crippen LogP contribution in [0.25, 0.3) is 22.6 Å². The van der Waals surface area contributed by atoms with Gasteiger partial charge in [-0.25, -0.2) is 0 Å². The smallest absolute Gasteiger partial charge is 0.250 e. The van der Waals surface area contributed by atoms with Crippen molar-refractivity contribution in [3.8, 4) is 22.6 Å². The van der Waals surface area contributed by atoms with Crippen LogP contribution in [-0.4, -0.2) is 21.1 Å². The maximum absolute atomic E-state index is 11.9. The van der Waals surface area contributed by atoms with Crippen molar-refractivity contribution >= 4 is 17.3 Å². The van der Waals surface area contributed by atoms with E-state index in [1.54, 1.807) is 18.3 Å². The Labute approximate surface area is 161 Å². The molecule has 0 spiro atoms. The lowest BCUT2D eigenvalue weighted by molar-refractivity contribution is 0.100. The minimum atomic E-state index is -0.579. The molecule has 0 fully saturated rings. The normalized spacial score (nSPS) is 11.0. The largest absolute Gasteiger partial charge is 0.366 e. The van der Waals surface area contributed by atoms with Gasteiger partial charge in [0.1, 0.15) is 22.8 Å². The summed E-state index contributed by atoms with van der Waals surface area (Å²) in [6, 6.07) is 22.2. The first-order chi connectivity index (χ1) is 13.7. The van der Waals surface area contributed by atoms with Crippen LogP contribution in [0.1, 0.15) is 10.4 Å². The molecule has 7 heteroatoms. The predicted molar refractivity (Wildman–Crippen MR) is 106 cm³/mol. The molecule has 2 heterocycles. The molecule has 0 atom stereocenters. The Hall–Kier alpha value is -4.13. The van der Waals surface area contributed by atoms with E-state index in [1.165, 1.54) is 0 Å². The average Bonchev–Trinajstić information content (AvgIpc) is 3.17. The minimum Gasteiger partial charge on any atom is -0.366 e. The third-order valence-electron chi connectivity index (χ3n) is 4.12. The summed E-state index contributed by atoms with van der Waals surface area (Å²) < 4.78 is 0. The summed E-state index contributed by atoms with van der Waals surface area (Å²) in [5.74, 6) is -0.579. The van der Waals surface area contributed by atoms with E-state index in [1.807, 2.05) is 60.7 Å². The first-order valence-electron chi connectivity index (χ1n) is 8.60. The molecule has 4 rings (SSSR count). The van der Waals surface area contributed by atoms with E-state index in [9.17, 15) is 4.79 Å². The van der Waals surface area contributed by atoms with Crippen molar-refractivity contribution in [2.24, 2.45) is 16.0 Å². The van der Waals surface area contributed by atoms with Gasteiger partial charge in [-0.2, -0.15) is 10.2 Å². The molecule has 0 aliphatic rings. The van der Waals surface area contributed by atoms with Gasteiger partial charge in [-0.3, -0.25) is 14.9 Å². The molecule has 2 aromatic carbocycles. The number of nitrogens with two attached hydrogens (primary N) is 1. The molecule has 4 aromatic rings. The molecular weight excluding hydrogens is 352 g/mol. The van der Waals surface area contributed by atoms with E-state index in [0.717, 1.165) is 5.56 Å². The van der Waals surface area contributed by atoms with Crippen LogP contribution < -0.4 is 5.73 Å². The molecule has 28 heavy (non-hydrogen) atoms. The van der Waals surface area contributed by atoms with E-state index in [4.69, 9.17) is 5.73 Å². The number of nitrogens with zero attached hydrogens (tertiary/aromatic N) is 4. The lowest BCUT2D eigenvalue weighted by Gasteiger charge is -2.04. The Morgan fingerprint density at radius 2 is 1.57 bits per heavy atom. The van der Waals surface area contributed by atoms with Crippen molar-refractivity contribution in [1.82, 2.24) is 15.2 Å². The number of benzene rings is 2. The number of rotatable bonds is 5. The molecule has 1 amide bonds. The number of aromatic nitrogens is 3. The highest BCUT2D eigenvalue weighted by Gasteiger charge is 2.21. The third-order valence-corrected chi connectivity index (χ3v) is 4.12. The molecule has 3 N–H and O–H groups in total. The number of hydrogen-bond donors (Lipinski definition) is 2. The van der Waals surface area contributed by atoms with Crippen molar-refractivity contribution in [2.45, 2.75) is 0 Å². The first kappa shape index (κ1) is 17.3. The van der Waals surface area contributed by atoms with Gasteiger partial charge in [0, 0.05) is 11.8 Å². The number of carbonyl (C=O) groups excluding carboxylic acids is 1. The number of aromatic amines is 1. The molecule has 0 unspecified atom stereocenters. The summed E-state index contributed by atoms with van der Waals surface area (Å²) in [7, 11) is 0. The number of nitrogens with one attached hydrogen (secondary N) is 1. The van der Waals surface area contributed by atoms with Crippen LogP contribution in [0.15, 0.2) is 89.2 Å². The quantitative estimate of drug-likeness (QED) is 0.500. The molecule has 0 saturated carbocycles. The summed E-state index contributed by atoms with van der Waals surface area (Å²) in [6.45, 7) is 0.